The normalized spacial score (nSPS) is 11.6. The van der Waals surface area contributed by atoms with E-state index in [9.17, 15) is 0 Å². The Morgan fingerprint density at radius 2 is 1.73 bits per heavy atom. The molecule has 0 N–H and O–H groups in total. The maximum atomic E-state index is 6.00. The van der Waals surface area contributed by atoms with E-state index < -0.39 is 0 Å². The van der Waals surface area contributed by atoms with Crippen LogP contribution >= 0.6 is 0 Å². The van der Waals surface area contributed by atoms with Crippen LogP contribution in [0, 0.1) is 0 Å². The number of hydrogen-bond acceptors (Lipinski definition) is 3. The largest absolute Gasteiger partial charge is 0.435 e. The molecule has 0 bridgehead atoms. The lowest BCUT2D eigenvalue weighted by Crippen LogP contribution is -1.91. The van der Waals surface area contributed by atoms with Crippen LogP contribution in [0.1, 0.15) is 0 Å². The third kappa shape index (κ3) is 1.46. The molecule has 0 fully saturated rings. The quantitative estimate of drug-likeness (QED) is 0.460. The molecule has 0 aliphatic carbocycles. The van der Waals surface area contributed by atoms with Gasteiger partial charge in [0.15, 0.2) is 5.58 Å². The van der Waals surface area contributed by atoms with Crippen molar-refractivity contribution in [2.24, 2.45) is 0 Å². The average molecular weight is 285 g/mol. The maximum Gasteiger partial charge on any atom is 0.227 e. The second-order valence-corrected chi connectivity index (χ2v) is 5.22. The molecule has 0 saturated heterocycles. The second-order valence-electron chi connectivity index (χ2n) is 5.22. The Balaban J connectivity index is 1.92. The van der Waals surface area contributed by atoms with Gasteiger partial charge in [-0.05, 0) is 30.3 Å². The Kier molecular flexibility index (Phi) is 2.19. The van der Waals surface area contributed by atoms with Crippen LogP contribution in [0.2, 0.25) is 0 Å². The third-order valence-corrected chi connectivity index (χ3v) is 3.97. The van der Waals surface area contributed by atoms with Crippen molar-refractivity contribution in [3.8, 4) is 5.69 Å². The first-order valence-electron chi connectivity index (χ1n) is 7.10. The summed E-state index contributed by atoms with van der Waals surface area (Å²) in [5.74, 6) is 0. The van der Waals surface area contributed by atoms with Crippen molar-refractivity contribution in [2.45, 2.75) is 0 Å². The van der Waals surface area contributed by atoms with E-state index in [4.69, 9.17) is 4.42 Å². The summed E-state index contributed by atoms with van der Waals surface area (Å²) >= 11 is 0. The Bertz CT molecular complexity index is 1140. The Hall–Kier alpha value is -3.14. The van der Waals surface area contributed by atoms with Crippen molar-refractivity contribution in [3.63, 3.8) is 0 Å². The number of aromatic nitrogens is 3. The smallest absolute Gasteiger partial charge is 0.227 e. The van der Waals surface area contributed by atoms with Gasteiger partial charge in [0.05, 0.1) is 16.7 Å². The minimum absolute atomic E-state index is 0.661. The van der Waals surface area contributed by atoms with Gasteiger partial charge in [0.1, 0.15) is 6.33 Å². The summed E-state index contributed by atoms with van der Waals surface area (Å²) in [5.41, 5.74) is 4.50. The Morgan fingerprint density at radius 1 is 0.818 bits per heavy atom. The number of para-hydroxylation sites is 3. The zero-order chi connectivity index (χ0) is 14.5. The standard InChI is InChI=1S/C18H11N3O/c1-2-8-15-14(7-1)20-11-21(15)16-9-3-5-12-13-6-4-10-19-18(13)22-17(12)16/h1-11H. The molecule has 104 valence electrons. The zero-order valence-corrected chi connectivity index (χ0v) is 11.6. The molecule has 3 heterocycles. The van der Waals surface area contributed by atoms with E-state index in [-0.39, 0.29) is 0 Å². The first-order chi connectivity index (χ1) is 10.9. The van der Waals surface area contributed by atoms with Crippen molar-refractivity contribution in [3.05, 3.63) is 67.1 Å². The molecule has 4 nitrogen and oxygen atoms in total. The summed E-state index contributed by atoms with van der Waals surface area (Å²) in [6.45, 7) is 0. The van der Waals surface area contributed by atoms with Crippen molar-refractivity contribution in [2.75, 3.05) is 0 Å². The van der Waals surface area contributed by atoms with Gasteiger partial charge in [-0.2, -0.15) is 0 Å². The highest BCUT2D eigenvalue weighted by atomic mass is 16.3. The van der Waals surface area contributed by atoms with Crippen LogP contribution in [0.25, 0.3) is 38.8 Å². The molecule has 5 rings (SSSR count). The molecule has 0 aliphatic rings. The molecular weight excluding hydrogens is 274 g/mol. The zero-order valence-electron chi connectivity index (χ0n) is 11.6. The molecule has 3 aromatic heterocycles. The van der Waals surface area contributed by atoms with Gasteiger partial charge in [-0.1, -0.05) is 24.3 Å². The van der Waals surface area contributed by atoms with Crippen LogP contribution in [0.4, 0.5) is 0 Å². The monoisotopic (exact) mass is 285 g/mol. The minimum Gasteiger partial charge on any atom is -0.435 e. The van der Waals surface area contributed by atoms with Crippen molar-refractivity contribution < 1.29 is 4.42 Å². The SMILES string of the molecule is c1ccc2c(c1)ncn2-c1cccc2c1oc1ncccc12. The molecule has 0 amide bonds. The molecule has 0 aliphatic heterocycles. The number of pyridine rings is 1. The fraction of sp³-hybridized carbons (Fsp3) is 0. The number of nitrogens with zero attached hydrogens (tertiary/aromatic N) is 3. The lowest BCUT2D eigenvalue weighted by molar-refractivity contribution is 0.651. The molecule has 4 heteroatoms. The van der Waals surface area contributed by atoms with E-state index >= 15 is 0 Å². The van der Waals surface area contributed by atoms with Gasteiger partial charge in [0.2, 0.25) is 5.71 Å². The fourth-order valence-electron chi connectivity index (χ4n) is 2.96. The molecule has 5 aromatic rings. The van der Waals surface area contributed by atoms with E-state index in [1.165, 1.54) is 0 Å². The van der Waals surface area contributed by atoms with Gasteiger partial charge in [-0.3, -0.25) is 4.57 Å². The molecule has 22 heavy (non-hydrogen) atoms. The predicted octanol–water partition coefficient (Wildman–Crippen LogP) is 4.32. The highest BCUT2D eigenvalue weighted by Gasteiger charge is 2.13. The predicted molar refractivity (Wildman–Crippen MR) is 86.1 cm³/mol. The molecule has 0 saturated carbocycles. The first-order valence-corrected chi connectivity index (χ1v) is 7.10. The van der Waals surface area contributed by atoms with Crippen LogP contribution in [-0.2, 0) is 0 Å². The second kappa shape index (κ2) is 4.18. The Morgan fingerprint density at radius 3 is 2.73 bits per heavy atom. The van der Waals surface area contributed by atoms with Gasteiger partial charge in [-0.15, -0.1) is 0 Å². The van der Waals surface area contributed by atoms with Crippen LogP contribution in [0.5, 0.6) is 0 Å². The van der Waals surface area contributed by atoms with E-state index in [1.807, 2.05) is 48.8 Å². The van der Waals surface area contributed by atoms with Gasteiger partial charge >= 0.3 is 0 Å². The van der Waals surface area contributed by atoms with E-state index in [0.29, 0.717) is 5.71 Å². The minimum atomic E-state index is 0.661. The number of benzene rings is 2. The lowest BCUT2D eigenvalue weighted by atomic mass is 10.1. The fourth-order valence-corrected chi connectivity index (χ4v) is 2.96. The molecule has 2 aromatic carbocycles. The van der Waals surface area contributed by atoms with Gasteiger partial charge in [0, 0.05) is 17.0 Å². The highest BCUT2D eigenvalue weighted by Crippen LogP contribution is 2.32. The van der Waals surface area contributed by atoms with Gasteiger partial charge in [-0.25, -0.2) is 9.97 Å². The summed E-state index contributed by atoms with van der Waals surface area (Å²) < 4.78 is 8.05. The number of fused-ring (bicyclic) bond motifs is 4. The topological polar surface area (TPSA) is 43.9 Å². The van der Waals surface area contributed by atoms with E-state index in [1.54, 1.807) is 6.20 Å². The maximum absolute atomic E-state index is 6.00. The van der Waals surface area contributed by atoms with E-state index in [0.717, 1.165) is 33.1 Å². The molecule has 0 radical (unpaired) electrons. The summed E-state index contributed by atoms with van der Waals surface area (Å²) in [7, 11) is 0. The summed E-state index contributed by atoms with van der Waals surface area (Å²) in [5, 5.41) is 2.10. The first kappa shape index (κ1) is 11.5. The van der Waals surface area contributed by atoms with Crippen LogP contribution in [0.15, 0.2) is 71.5 Å². The van der Waals surface area contributed by atoms with Crippen molar-refractivity contribution >= 4 is 33.1 Å². The van der Waals surface area contributed by atoms with Crippen LogP contribution in [0.3, 0.4) is 0 Å². The van der Waals surface area contributed by atoms with Crippen LogP contribution < -0.4 is 0 Å². The van der Waals surface area contributed by atoms with Crippen LogP contribution in [-0.4, -0.2) is 14.5 Å². The summed E-state index contributed by atoms with van der Waals surface area (Å²) in [6, 6.07) is 18.2. The van der Waals surface area contributed by atoms with Crippen molar-refractivity contribution in [1.29, 1.82) is 0 Å². The third-order valence-electron chi connectivity index (χ3n) is 3.97. The molecule has 0 unspecified atom stereocenters. The molecule has 0 atom stereocenters. The lowest BCUT2D eigenvalue weighted by Gasteiger charge is -2.04. The Labute approximate surface area is 125 Å². The van der Waals surface area contributed by atoms with Gasteiger partial charge < -0.3 is 4.42 Å². The number of hydrogen-bond donors (Lipinski definition) is 0. The average Bonchev–Trinajstić information content (AvgIpc) is 3.16. The molecular formula is C18H11N3O. The van der Waals surface area contributed by atoms with Crippen molar-refractivity contribution in [1.82, 2.24) is 14.5 Å². The number of imidazole rings is 1. The van der Waals surface area contributed by atoms with E-state index in [2.05, 4.69) is 26.7 Å². The number of furan rings is 1. The molecule has 0 spiro atoms. The summed E-state index contributed by atoms with van der Waals surface area (Å²) in [4.78, 5) is 8.77. The van der Waals surface area contributed by atoms with Gasteiger partial charge in [0.25, 0.3) is 0 Å². The highest BCUT2D eigenvalue weighted by molar-refractivity contribution is 6.06. The summed E-state index contributed by atoms with van der Waals surface area (Å²) in [6.07, 6.45) is 3.58. The number of rotatable bonds is 1.